The highest BCUT2D eigenvalue weighted by Gasteiger charge is 2.07. The molecule has 0 aliphatic carbocycles. The fourth-order valence-corrected chi connectivity index (χ4v) is 3.19. The normalized spacial score (nSPS) is 11.8. The predicted molar refractivity (Wildman–Crippen MR) is 97.2 cm³/mol. The maximum atomic E-state index is 8.21. The van der Waals surface area contributed by atoms with Gasteiger partial charge in [0.25, 0.3) is 0 Å². The zero-order chi connectivity index (χ0) is 15.4. The Kier molecular flexibility index (Phi) is 4.66. The van der Waals surface area contributed by atoms with Crippen LogP contribution in [0.3, 0.4) is 0 Å². The van der Waals surface area contributed by atoms with Crippen LogP contribution in [-0.4, -0.2) is 27.0 Å². The van der Waals surface area contributed by atoms with Gasteiger partial charge in [-0.3, -0.25) is 5.41 Å². The van der Waals surface area contributed by atoms with Crippen molar-refractivity contribution in [2.24, 2.45) is 4.99 Å². The maximum absolute atomic E-state index is 8.21. The van der Waals surface area contributed by atoms with Crippen molar-refractivity contribution in [3.63, 3.8) is 0 Å². The number of hydrogen-bond donors (Lipinski definition) is 2. The molecule has 2 heterocycles. The Morgan fingerprint density at radius 3 is 2.86 bits per heavy atom. The van der Waals surface area contributed by atoms with Gasteiger partial charge in [0.1, 0.15) is 5.65 Å². The summed E-state index contributed by atoms with van der Waals surface area (Å²) >= 11 is 1.70. The summed E-state index contributed by atoms with van der Waals surface area (Å²) < 4.78 is 0. The third-order valence-corrected chi connectivity index (χ3v) is 4.78. The van der Waals surface area contributed by atoms with Gasteiger partial charge in [0.05, 0.1) is 0 Å². The van der Waals surface area contributed by atoms with E-state index in [0.717, 1.165) is 27.8 Å². The van der Waals surface area contributed by atoms with E-state index in [1.54, 1.807) is 18.0 Å². The highest BCUT2D eigenvalue weighted by Crippen LogP contribution is 2.20. The van der Waals surface area contributed by atoms with Crippen molar-refractivity contribution in [3.05, 3.63) is 60.4 Å². The lowest BCUT2D eigenvalue weighted by Gasteiger charge is -2.04. The second kappa shape index (κ2) is 6.86. The van der Waals surface area contributed by atoms with Crippen LogP contribution in [0.25, 0.3) is 11.0 Å². The molecule has 3 rings (SSSR count). The molecule has 0 fully saturated rings. The molecule has 0 aliphatic heterocycles. The number of nitrogens with one attached hydrogen (secondary N) is 2. The molecular formula is C16H15N4PS. The first kappa shape index (κ1) is 14.9. The first-order valence-corrected chi connectivity index (χ1v) is 8.32. The highest BCUT2D eigenvalue weighted by atomic mass is 32.2. The van der Waals surface area contributed by atoms with E-state index in [1.807, 2.05) is 36.5 Å². The second-order valence-electron chi connectivity index (χ2n) is 4.65. The molecule has 2 aromatic heterocycles. The monoisotopic (exact) mass is 326 g/mol. The van der Waals surface area contributed by atoms with Crippen molar-refractivity contribution in [1.82, 2.24) is 9.97 Å². The van der Waals surface area contributed by atoms with Crippen LogP contribution in [0.1, 0.15) is 5.56 Å². The van der Waals surface area contributed by atoms with E-state index in [-0.39, 0.29) is 5.84 Å². The number of aliphatic imine (C=N–C) groups is 1. The van der Waals surface area contributed by atoms with Crippen LogP contribution in [0.2, 0.25) is 0 Å². The number of aromatic amines is 1. The minimum Gasteiger partial charge on any atom is -0.346 e. The first-order valence-electron chi connectivity index (χ1n) is 6.76. The van der Waals surface area contributed by atoms with Crippen molar-refractivity contribution in [2.75, 3.05) is 5.75 Å². The summed E-state index contributed by atoms with van der Waals surface area (Å²) in [7, 11) is 2.62. The zero-order valence-electron chi connectivity index (χ0n) is 11.8. The fourth-order valence-electron chi connectivity index (χ4n) is 2.08. The molecule has 1 atom stereocenters. The molecule has 0 saturated heterocycles. The Bertz CT molecular complexity index is 826. The van der Waals surface area contributed by atoms with Crippen LogP contribution in [0.4, 0.5) is 0 Å². The second-order valence-corrected chi connectivity index (χ2v) is 6.37. The zero-order valence-corrected chi connectivity index (χ0v) is 13.8. The van der Waals surface area contributed by atoms with Gasteiger partial charge >= 0.3 is 0 Å². The van der Waals surface area contributed by atoms with E-state index in [0.29, 0.717) is 0 Å². The van der Waals surface area contributed by atoms with Gasteiger partial charge < -0.3 is 4.98 Å². The summed E-state index contributed by atoms with van der Waals surface area (Å²) in [5, 5.41) is 9.13. The van der Waals surface area contributed by atoms with Gasteiger partial charge in [-0.1, -0.05) is 27.4 Å². The number of thioether (sulfide) groups is 1. The first-order chi connectivity index (χ1) is 10.7. The quantitative estimate of drug-likeness (QED) is 0.330. The highest BCUT2D eigenvalue weighted by molar-refractivity contribution is 8.00. The molecule has 0 spiro atoms. The molecule has 0 bridgehead atoms. The average Bonchev–Trinajstić information content (AvgIpc) is 3.02. The topological polar surface area (TPSA) is 64.9 Å². The Balaban J connectivity index is 1.73. The van der Waals surface area contributed by atoms with Gasteiger partial charge in [-0.05, 0) is 24.3 Å². The van der Waals surface area contributed by atoms with Gasteiger partial charge in [0.2, 0.25) is 0 Å². The number of aromatic nitrogens is 2. The standard InChI is InChI=1S/C16H15N4PS/c17-15(12-6-8-18-16-13(12)7-9-19-16)20-14(21)10-22-11-4-2-1-3-5-11/h1-9,17H,10,21H2,(H,18,19)/b17-15?,20-14-. The van der Waals surface area contributed by atoms with E-state index in [9.17, 15) is 0 Å². The number of rotatable bonds is 4. The predicted octanol–water partition coefficient (Wildman–Crippen LogP) is 3.95. The van der Waals surface area contributed by atoms with Crippen molar-refractivity contribution >= 4 is 43.3 Å². The fraction of sp³-hybridized carbons (Fsp3) is 0.0625. The van der Waals surface area contributed by atoms with E-state index in [2.05, 4.69) is 36.3 Å². The van der Waals surface area contributed by atoms with Crippen LogP contribution in [0.15, 0.2) is 64.7 Å². The molecule has 4 nitrogen and oxygen atoms in total. The number of amidine groups is 1. The van der Waals surface area contributed by atoms with Crippen molar-refractivity contribution in [3.8, 4) is 0 Å². The molecule has 1 aromatic carbocycles. The molecule has 2 N–H and O–H groups in total. The van der Waals surface area contributed by atoms with Gasteiger partial charge in [0.15, 0.2) is 5.84 Å². The summed E-state index contributed by atoms with van der Waals surface area (Å²) in [6.45, 7) is 0. The lowest BCUT2D eigenvalue weighted by Crippen LogP contribution is -2.01. The third kappa shape index (κ3) is 3.43. The van der Waals surface area contributed by atoms with Crippen molar-refractivity contribution in [1.29, 1.82) is 5.41 Å². The Morgan fingerprint density at radius 1 is 1.23 bits per heavy atom. The van der Waals surface area contributed by atoms with E-state index in [1.165, 1.54) is 4.90 Å². The summed E-state index contributed by atoms with van der Waals surface area (Å²) in [6.07, 6.45) is 3.52. The summed E-state index contributed by atoms with van der Waals surface area (Å²) in [5.74, 6) is 0.990. The van der Waals surface area contributed by atoms with Gasteiger partial charge in [-0.2, -0.15) is 0 Å². The smallest absolute Gasteiger partial charge is 0.152 e. The lowest BCUT2D eigenvalue weighted by atomic mass is 10.2. The van der Waals surface area contributed by atoms with Crippen molar-refractivity contribution < 1.29 is 0 Å². The van der Waals surface area contributed by atoms with E-state index >= 15 is 0 Å². The minimum atomic E-state index is 0.255. The number of hydrogen-bond acceptors (Lipinski definition) is 3. The summed E-state index contributed by atoms with van der Waals surface area (Å²) in [6, 6.07) is 13.9. The van der Waals surface area contributed by atoms with Crippen LogP contribution in [0, 0.1) is 5.41 Å². The molecule has 0 amide bonds. The molecule has 6 heteroatoms. The molecule has 110 valence electrons. The molecule has 3 aromatic rings. The van der Waals surface area contributed by atoms with E-state index in [4.69, 9.17) is 5.41 Å². The number of H-pyrrole nitrogens is 1. The number of pyridine rings is 1. The maximum Gasteiger partial charge on any atom is 0.152 e. The van der Waals surface area contributed by atoms with Crippen molar-refractivity contribution in [2.45, 2.75) is 4.90 Å². The number of nitrogens with zero attached hydrogens (tertiary/aromatic N) is 2. The average molecular weight is 326 g/mol. The van der Waals surface area contributed by atoms with Crippen LogP contribution in [0.5, 0.6) is 0 Å². The minimum absolute atomic E-state index is 0.255. The third-order valence-electron chi connectivity index (χ3n) is 3.10. The SMILES string of the molecule is N=C(/N=C(\P)CSc1ccccc1)c1ccnc2[nH]ccc12. The molecule has 0 radical (unpaired) electrons. The van der Waals surface area contributed by atoms with Crippen LogP contribution in [-0.2, 0) is 0 Å². The largest absolute Gasteiger partial charge is 0.346 e. The van der Waals surface area contributed by atoms with Crippen LogP contribution >= 0.6 is 21.0 Å². The summed E-state index contributed by atoms with van der Waals surface area (Å²) in [5.41, 5.74) is 2.41. The number of fused-ring (bicyclic) bond motifs is 1. The molecule has 0 aliphatic rings. The van der Waals surface area contributed by atoms with Crippen LogP contribution < -0.4 is 0 Å². The number of benzene rings is 1. The molecule has 1 unspecified atom stereocenters. The Morgan fingerprint density at radius 2 is 2.05 bits per heavy atom. The van der Waals surface area contributed by atoms with Gasteiger partial charge in [-0.25, -0.2) is 9.98 Å². The van der Waals surface area contributed by atoms with Gasteiger partial charge in [0, 0.05) is 39.4 Å². The molecule has 22 heavy (non-hydrogen) atoms. The Labute approximate surface area is 135 Å². The van der Waals surface area contributed by atoms with Gasteiger partial charge in [-0.15, -0.1) is 11.8 Å². The Hall–Kier alpha value is -1.97. The van der Waals surface area contributed by atoms with E-state index < -0.39 is 0 Å². The molecular weight excluding hydrogens is 311 g/mol. The lowest BCUT2D eigenvalue weighted by molar-refractivity contribution is 1.32. The summed E-state index contributed by atoms with van der Waals surface area (Å²) in [4.78, 5) is 12.9. The molecule has 0 saturated carbocycles.